The third-order valence-electron chi connectivity index (χ3n) is 4.89. The lowest BCUT2D eigenvalue weighted by Gasteiger charge is -2.12. The Morgan fingerprint density at radius 1 is 0.939 bits per heavy atom. The van der Waals surface area contributed by atoms with Gasteiger partial charge in [0.05, 0.1) is 6.21 Å². The number of hydrazone groups is 1. The predicted octanol–water partition coefficient (Wildman–Crippen LogP) is 3.69. The summed E-state index contributed by atoms with van der Waals surface area (Å²) in [5, 5.41) is 16.7. The Bertz CT molecular complexity index is 1180. The molecule has 168 valence electrons. The van der Waals surface area contributed by atoms with Gasteiger partial charge in [-0.15, -0.1) is 0 Å². The van der Waals surface area contributed by atoms with Gasteiger partial charge in [-0.3, -0.25) is 9.59 Å². The van der Waals surface area contributed by atoms with Gasteiger partial charge in [0.2, 0.25) is 0 Å². The average Bonchev–Trinajstić information content (AvgIpc) is 2.82. The first kappa shape index (κ1) is 23.3. The maximum atomic E-state index is 12.9. The molecule has 0 saturated carbocycles. The molecule has 7 nitrogen and oxygen atoms in total. The number of hydrogen-bond acceptors (Lipinski definition) is 5. The molecular weight excluding hydrogens is 416 g/mol. The van der Waals surface area contributed by atoms with Crippen molar-refractivity contribution < 1.29 is 14.7 Å². The van der Waals surface area contributed by atoms with E-state index in [9.17, 15) is 14.7 Å². The van der Waals surface area contributed by atoms with E-state index in [-0.39, 0.29) is 11.4 Å². The lowest BCUT2D eigenvalue weighted by Crippen LogP contribution is -2.32. The van der Waals surface area contributed by atoms with Gasteiger partial charge in [0.15, 0.2) is 0 Å². The molecule has 7 heteroatoms. The summed E-state index contributed by atoms with van der Waals surface area (Å²) >= 11 is 0. The van der Waals surface area contributed by atoms with Crippen LogP contribution in [0.3, 0.4) is 0 Å². The van der Waals surface area contributed by atoms with E-state index in [0.717, 1.165) is 11.3 Å². The Balaban J connectivity index is 1.83. The SMILES string of the molecule is Cc1cccc(/C=N/NC(=O)/C(=C/c2ccc(N(C)C)cc2)NC(=O)c2ccccc2)c1O. The van der Waals surface area contributed by atoms with Crippen molar-refractivity contribution >= 4 is 29.8 Å². The second-order valence-corrected chi connectivity index (χ2v) is 7.58. The quantitative estimate of drug-likeness (QED) is 0.296. The van der Waals surface area contributed by atoms with E-state index in [1.54, 1.807) is 55.5 Å². The summed E-state index contributed by atoms with van der Waals surface area (Å²) < 4.78 is 0. The third-order valence-corrected chi connectivity index (χ3v) is 4.89. The van der Waals surface area contributed by atoms with Crippen molar-refractivity contribution in [2.24, 2.45) is 5.10 Å². The lowest BCUT2D eigenvalue weighted by atomic mass is 10.1. The minimum absolute atomic E-state index is 0.0343. The van der Waals surface area contributed by atoms with Crippen LogP contribution in [0.5, 0.6) is 5.75 Å². The summed E-state index contributed by atoms with van der Waals surface area (Å²) in [6, 6.07) is 21.4. The standard InChI is InChI=1S/C26H26N4O3/c1-18-8-7-11-21(24(18)31)17-27-29-26(33)23(28-25(32)20-9-5-4-6-10-20)16-19-12-14-22(15-13-19)30(2)3/h4-17,31H,1-3H3,(H,28,32)(H,29,33)/b23-16-,27-17+. The first-order valence-corrected chi connectivity index (χ1v) is 10.3. The van der Waals surface area contributed by atoms with Crippen molar-refractivity contribution in [3.63, 3.8) is 0 Å². The fraction of sp³-hybridized carbons (Fsp3) is 0.115. The molecule has 0 heterocycles. The van der Waals surface area contributed by atoms with Crippen LogP contribution in [0.1, 0.15) is 27.0 Å². The third kappa shape index (κ3) is 6.30. The van der Waals surface area contributed by atoms with Crippen molar-refractivity contribution in [3.05, 3.63) is 101 Å². The molecule has 3 aromatic rings. The molecule has 0 aliphatic rings. The molecule has 2 amide bonds. The average molecular weight is 443 g/mol. The molecule has 33 heavy (non-hydrogen) atoms. The summed E-state index contributed by atoms with van der Waals surface area (Å²) in [5.74, 6) is -0.925. The molecule has 0 aliphatic carbocycles. The van der Waals surface area contributed by atoms with Crippen molar-refractivity contribution in [1.82, 2.24) is 10.7 Å². The number of anilines is 1. The first-order valence-electron chi connectivity index (χ1n) is 10.3. The number of phenolic OH excluding ortho intramolecular Hbond substituents is 1. The Morgan fingerprint density at radius 2 is 1.64 bits per heavy atom. The Hall–Kier alpha value is -4.39. The number of aryl methyl sites for hydroxylation is 1. The van der Waals surface area contributed by atoms with Crippen LogP contribution in [-0.4, -0.2) is 37.2 Å². The maximum absolute atomic E-state index is 12.9. The first-order chi connectivity index (χ1) is 15.8. The molecule has 0 fully saturated rings. The van der Waals surface area contributed by atoms with E-state index < -0.39 is 11.8 Å². The molecule has 3 N–H and O–H groups in total. The number of nitrogens with zero attached hydrogens (tertiary/aromatic N) is 2. The van der Waals surface area contributed by atoms with Crippen molar-refractivity contribution in [2.75, 3.05) is 19.0 Å². The highest BCUT2D eigenvalue weighted by Crippen LogP contribution is 2.19. The van der Waals surface area contributed by atoms with Crippen LogP contribution in [-0.2, 0) is 4.79 Å². The number of aromatic hydroxyl groups is 1. The molecule has 0 spiro atoms. The van der Waals surface area contributed by atoms with Crippen LogP contribution < -0.4 is 15.6 Å². The number of carbonyl (C=O) groups excluding carboxylic acids is 2. The van der Waals surface area contributed by atoms with Gasteiger partial charge in [-0.05, 0) is 54.5 Å². The summed E-state index contributed by atoms with van der Waals surface area (Å²) in [7, 11) is 3.88. The monoisotopic (exact) mass is 442 g/mol. The van der Waals surface area contributed by atoms with E-state index in [0.29, 0.717) is 16.7 Å². The predicted molar refractivity (Wildman–Crippen MR) is 131 cm³/mol. The molecule has 0 aliphatic heterocycles. The van der Waals surface area contributed by atoms with Crippen molar-refractivity contribution in [2.45, 2.75) is 6.92 Å². The number of phenols is 1. The van der Waals surface area contributed by atoms with Gasteiger partial charge in [0.1, 0.15) is 11.4 Å². The zero-order valence-electron chi connectivity index (χ0n) is 18.7. The van der Waals surface area contributed by atoms with Gasteiger partial charge < -0.3 is 15.3 Å². The second-order valence-electron chi connectivity index (χ2n) is 7.58. The minimum atomic E-state index is -0.598. The van der Waals surface area contributed by atoms with Crippen LogP contribution in [0, 0.1) is 6.92 Å². The Morgan fingerprint density at radius 3 is 2.30 bits per heavy atom. The highest BCUT2D eigenvalue weighted by Gasteiger charge is 2.14. The normalized spacial score (nSPS) is 11.3. The van der Waals surface area contributed by atoms with Crippen LogP contribution in [0.15, 0.2) is 83.6 Å². The van der Waals surface area contributed by atoms with E-state index in [1.165, 1.54) is 6.21 Å². The van der Waals surface area contributed by atoms with Gasteiger partial charge in [-0.1, -0.05) is 42.5 Å². The van der Waals surface area contributed by atoms with Gasteiger partial charge in [0.25, 0.3) is 11.8 Å². The molecule has 0 unspecified atom stereocenters. The Kier molecular flexibility index (Phi) is 7.60. The van der Waals surface area contributed by atoms with Gasteiger partial charge in [0, 0.05) is 30.9 Å². The molecule has 0 bridgehead atoms. The molecular formula is C26H26N4O3. The zero-order valence-corrected chi connectivity index (χ0v) is 18.7. The van der Waals surface area contributed by atoms with Gasteiger partial charge >= 0.3 is 0 Å². The lowest BCUT2D eigenvalue weighted by molar-refractivity contribution is -0.117. The molecule has 3 aromatic carbocycles. The van der Waals surface area contributed by atoms with Crippen LogP contribution in [0.4, 0.5) is 5.69 Å². The van der Waals surface area contributed by atoms with Crippen LogP contribution in [0.2, 0.25) is 0 Å². The summed E-state index contributed by atoms with van der Waals surface area (Å²) in [6.07, 6.45) is 2.93. The van der Waals surface area contributed by atoms with E-state index in [1.807, 2.05) is 49.3 Å². The number of nitrogens with one attached hydrogen (secondary N) is 2. The number of para-hydroxylation sites is 1. The number of hydrogen-bond donors (Lipinski definition) is 3. The summed E-state index contributed by atoms with van der Waals surface area (Å²) in [5.41, 5.74) is 5.78. The van der Waals surface area contributed by atoms with Crippen molar-refractivity contribution in [1.29, 1.82) is 0 Å². The Labute approximate surface area is 193 Å². The van der Waals surface area contributed by atoms with Crippen LogP contribution >= 0.6 is 0 Å². The summed E-state index contributed by atoms with van der Waals surface area (Å²) in [6.45, 7) is 1.77. The number of benzene rings is 3. The zero-order chi connectivity index (χ0) is 23.8. The highest BCUT2D eigenvalue weighted by molar-refractivity contribution is 6.05. The van der Waals surface area contributed by atoms with Crippen molar-refractivity contribution in [3.8, 4) is 5.75 Å². The minimum Gasteiger partial charge on any atom is -0.507 e. The highest BCUT2D eigenvalue weighted by atomic mass is 16.3. The van der Waals surface area contributed by atoms with E-state index in [4.69, 9.17) is 0 Å². The maximum Gasteiger partial charge on any atom is 0.287 e. The molecule has 0 radical (unpaired) electrons. The van der Waals surface area contributed by atoms with Gasteiger partial charge in [-0.25, -0.2) is 5.43 Å². The smallest absolute Gasteiger partial charge is 0.287 e. The number of carbonyl (C=O) groups is 2. The summed E-state index contributed by atoms with van der Waals surface area (Å²) in [4.78, 5) is 27.5. The topological polar surface area (TPSA) is 94.0 Å². The molecule has 0 saturated heterocycles. The fourth-order valence-corrected chi connectivity index (χ4v) is 2.98. The molecule has 0 aromatic heterocycles. The van der Waals surface area contributed by atoms with Gasteiger partial charge in [-0.2, -0.15) is 5.10 Å². The second kappa shape index (κ2) is 10.8. The van der Waals surface area contributed by atoms with E-state index in [2.05, 4.69) is 15.8 Å². The van der Waals surface area contributed by atoms with E-state index >= 15 is 0 Å². The molecule has 0 atom stereocenters. The van der Waals surface area contributed by atoms with Crippen LogP contribution in [0.25, 0.3) is 6.08 Å². The largest absolute Gasteiger partial charge is 0.507 e. The molecule has 3 rings (SSSR count). The number of amides is 2. The fourth-order valence-electron chi connectivity index (χ4n) is 2.98. The number of rotatable bonds is 7.